The topological polar surface area (TPSA) is 85.3 Å². The van der Waals surface area contributed by atoms with E-state index in [-0.39, 0.29) is 10.9 Å². The summed E-state index contributed by atoms with van der Waals surface area (Å²) in [6.07, 6.45) is 2.81. The molecule has 19 heavy (non-hydrogen) atoms. The van der Waals surface area contributed by atoms with Gasteiger partial charge in [0.2, 0.25) is 5.43 Å². The van der Waals surface area contributed by atoms with E-state index in [1.54, 1.807) is 16.7 Å². The second-order valence-corrected chi connectivity index (χ2v) is 4.13. The Balaban J connectivity index is 2.54. The number of nitrogens with zero attached hydrogens (tertiary/aromatic N) is 2. The summed E-state index contributed by atoms with van der Waals surface area (Å²) in [4.78, 5) is 27.6. The first-order chi connectivity index (χ1) is 9.11. The van der Waals surface area contributed by atoms with Crippen LogP contribution in [0.3, 0.4) is 0 Å². The fourth-order valence-electron chi connectivity index (χ4n) is 2.08. The Kier molecular flexibility index (Phi) is 2.38. The molecule has 0 amide bonds. The highest BCUT2D eigenvalue weighted by molar-refractivity contribution is 5.94. The molecule has 0 bridgehead atoms. The Labute approximate surface area is 106 Å². The van der Waals surface area contributed by atoms with E-state index >= 15 is 0 Å². The van der Waals surface area contributed by atoms with Crippen LogP contribution in [-0.4, -0.2) is 20.6 Å². The third-order valence-electron chi connectivity index (χ3n) is 3.03. The maximum Gasteiger partial charge on any atom is 0.341 e. The highest BCUT2D eigenvalue weighted by atomic mass is 16.4. The van der Waals surface area contributed by atoms with Crippen molar-refractivity contribution in [3.8, 4) is 0 Å². The molecule has 96 valence electrons. The zero-order valence-electron chi connectivity index (χ0n) is 10.1. The van der Waals surface area contributed by atoms with Crippen LogP contribution in [0.15, 0.2) is 33.8 Å². The molecule has 0 aliphatic carbocycles. The van der Waals surface area contributed by atoms with Crippen molar-refractivity contribution in [3.05, 3.63) is 40.4 Å². The predicted octanol–water partition coefficient (Wildman–Crippen LogP) is 1.86. The Hall–Kier alpha value is -2.63. The molecule has 3 aromatic heterocycles. The Morgan fingerprint density at radius 3 is 3.00 bits per heavy atom. The molecule has 0 aromatic carbocycles. The van der Waals surface area contributed by atoms with E-state index in [4.69, 9.17) is 9.52 Å². The van der Waals surface area contributed by atoms with Crippen LogP contribution in [0.4, 0.5) is 0 Å². The number of hydrogen-bond acceptors (Lipinski definition) is 4. The van der Waals surface area contributed by atoms with Gasteiger partial charge in [0.15, 0.2) is 5.58 Å². The molecule has 0 spiro atoms. The number of hydrogen-bond donors (Lipinski definition) is 1. The van der Waals surface area contributed by atoms with E-state index in [1.807, 2.05) is 6.92 Å². The van der Waals surface area contributed by atoms with Gasteiger partial charge in [0, 0.05) is 18.8 Å². The van der Waals surface area contributed by atoms with E-state index in [1.165, 1.54) is 12.5 Å². The van der Waals surface area contributed by atoms with Gasteiger partial charge in [-0.25, -0.2) is 9.78 Å². The lowest BCUT2D eigenvalue weighted by atomic mass is 10.2. The molecule has 0 saturated carbocycles. The van der Waals surface area contributed by atoms with Crippen LogP contribution in [0, 0.1) is 0 Å². The zero-order chi connectivity index (χ0) is 13.6. The fourth-order valence-corrected chi connectivity index (χ4v) is 2.08. The zero-order valence-corrected chi connectivity index (χ0v) is 10.1. The lowest BCUT2D eigenvalue weighted by Crippen LogP contribution is -2.19. The van der Waals surface area contributed by atoms with Gasteiger partial charge in [0.05, 0.1) is 11.6 Å². The van der Waals surface area contributed by atoms with Crippen LogP contribution in [0.25, 0.3) is 22.1 Å². The van der Waals surface area contributed by atoms with Crippen molar-refractivity contribution < 1.29 is 14.3 Å². The first-order valence-electron chi connectivity index (χ1n) is 5.76. The molecule has 3 heterocycles. The minimum Gasteiger partial charge on any atom is -0.477 e. The SMILES string of the molecule is CCn1cc(C(=O)O)c(=O)c2cc3occc3nc21. The molecule has 0 aliphatic rings. The average Bonchev–Trinajstić information content (AvgIpc) is 2.84. The van der Waals surface area contributed by atoms with E-state index in [0.29, 0.717) is 23.3 Å². The van der Waals surface area contributed by atoms with Gasteiger partial charge < -0.3 is 14.1 Å². The lowest BCUT2D eigenvalue weighted by molar-refractivity contribution is 0.0695. The molecule has 6 heteroatoms. The third kappa shape index (κ3) is 1.61. The Morgan fingerprint density at radius 1 is 1.53 bits per heavy atom. The first-order valence-corrected chi connectivity index (χ1v) is 5.76. The summed E-state index contributed by atoms with van der Waals surface area (Å²) < 4.78 is 6.84. The van der Waals surface area contributed by atoms with Gasteiger partial charge in [-0.1, -0.05) is 0 Å². The van der Waals surface area contributed by atoms with Gasteiger partial charge in [-0.15, -0.1) is 0 Å². The Morgan fingerprint density at radius 2 is 2.32 bits per heavy atom. The summed E-state index contributed by atoms with van der Waals surface area (Å²) in [7, 11) is 0. The molecular weight excluding hydrogens is 248 g/mol. The number of fused-ring (bicyclic) bond motifs is 2. The van der Waals surface area contributed by atoms with E-state index in [2.05, 4.69) is 4.98 Å². The number of pyridine rings is 2. The smallest absolute Gasteiger partial charge is 0.341 e. The number of carbonyl (C=O) groups is 1. The molecule has 0 saturated heterocycles. The number of carboxylic acid groups (broad SMARTS) is 1. The molecule has 0 aliphatic heterocycles. The quantitative estimate of drug-likeness (QED) is 0.758. The van der Waals surface area contributed by atoms with Crippen LogP contribution >= 0.6 is 0 Å². The molecule has 1 N–H and O–H groups in total. The maximum absolute atomic E-state index is 12.1. The van der Waals surface area contributed by atoms with Crippen LogP contribution in [0.2, 0.25) is 0 Å². The predicted molar refractivity (Wildman–Crippen MR) is 68.4 cm³/mol. The first kappa shape index (κ1) is 11.5. The molecule has 3 aromatic rings. The van der Waals surface area contributed by atoms with Crippen molar-refractivity contribution in [2.75, 3.05) is 0 Å². The van der Waals surface area contributed by atoms with E-state index < -0.39 is 11.4 Å². The van der Waals surface area contributed by atoms with Crippen molar-refractivity contribution in [1.29, 1.82) is 0 Å². The molecular formula is C13H10N2O4. The molecule has 3 rings (SSSR count). The van der Waals surface area contributed by atoms with Crippen LogP contribution in [0.5, 0.6) is 0 Å². The van der Waals surface area contributed by atoms with Gasteiger partial charge in [-0.05, 0) is 13.0 Å². The summed E-state index contributed by atoms with van der Waals surface area (Å²) >= 11 is 0. The van der Waals surface area contributed by atoms with Crippen molar-refractivity contribution in [1.82, 2.24) is 9.55 Å². The van der Waals surface area contributed by atoms with Crippen molar-refractivity contribution >= 4 is 28.1 Å². The molecule has 0 atom stereocenters. The molecule has 6 nitrogen and oxygen atoms in total. The standard InChI is InChI=1S/C13H10N2O4/c1-2-15-6-8(13(17)18)11(16)7-5-10-9(3-4-19-10)14-12(7)15/h3-6H,2H2,1H3,(H,17,18). The number of rotatable bonds is 2. The monoisotopic (exact) mass is 258 g/mol. The van der Waals surface area contributed by atoms with Gasteiger partial charge >= 0.3 is 5.97 Å². The van der Waals surface area contributed by atoms with Crippen molar-refractivity contribution in [3.63, 3.8) is 0 Å². The lowest BCUT2D eigenvalue weighted by Gasteiger charge is -2.08. The average molecular weight is 258 g/mol. The van der Waals surface area contributed by atoms with Gasteiger partial charge in [0.1, 0.15) is 16.7 Å². The third-order valence-corrected chi connectivity index (χ3v) is 3.03. The minimum atomic E-state index is -1.24. The minimum absolute atomic E-state index is 0.254. The number of furan rings is 1. The van der Waals surface area contributed by atoms with E-state index in [0.717, 1.165) is 0 Å². The summed E-state index contributed by atoms with van der Waals surface area (Å²) in [6.45, 7) is 2.38. The number of aryl methyl sites for hydroxylation is 1. The summed E-state index contributed by atoms with van der Waals surface area (Å²) in [5.74, 6) is -1.24. The van der Waals surface area contributed by atoms with Crippen LogP contribution in [-0.2, 0) is 6.54 Å². The van der Waals surface area contributed by atoms with Gasteiger partial charge in [-0.3, -0.25) is 4.79 Å². The van der Waals surface area contributed by atoms with Crippen molar-refractivity contribution in [2.45, 2.75) is 13.5 Å². The normalized spacial score (nSPS) is 11.2. The summed E-state index contributed by atoms with van der Waals surface area (Å²) in [5, 5.41) is 9.32. The number of aromatic carboxylic acids is 1. The van der Waals surface area contributed by atoms with Crippen molar-refractivity contribution in [2.24, 2.45) is 0 Å². The Bertz CT molecular complexity index is 860. The molecule has 0 fully saturated rings. The maximum atomic E-state index is 12.1. The second-order valence-electron chi connectivity index (χ2n) is 4.13. The van der Waals surface area contributed by atoms with E-state index in [9.17, 15) is 9.59 Å². The number of aromatic nitrogens is 2. The largest absolute Gasteiger partial charge is 0.477 e. The van der Waals surface area contributed by atoms with Gasteiger partial charge in [0.25, 0.3) is 0 Å². The summed E-state index contributed by atoms with van der Waals surface area (Å²) in [6, 6.07) is 3.24. The highest BCUT2D eigenvalue weighted by Crippen LogP contribution is 2.19. The summed E-state index contributed by atoms with van der Waals surface area (Å²) in [5.41, 5.74) is 0.762. The molecule has 0 radical (unpaired) electrons. The van der Waals surface area contributed by atoms with Gasteiger partial charge in [-0.2, -0.15) is 0 Å². The van der Waals surface area contributed by atoms with Crippen LogP contribution in [0.1, 0.15) is 17.3 Å². The second kappa shape index (κ2) is 3.94. The molecule has 0 unspecified atom stereocenters. The fraction of sp³-hybridized carbons (Fsp3) is 0.154. The number of carboxylic acids is 1. The van der Waals surface area contributed by atoms with Crippen LogP contribution < -0.4 is 5.43 Å². The highest BCUT2D eigenvalue weighted by Gasteiger charge is 2.16.